The van der Waals surface area contributed by atoms with E-state index in [1.54, 1.807) is 0 Å². The molecule has 2 aromatic rings. The average molecular weight is 415 g/mol. The van der Waals surface area contributed by atoms with E-state index in [2.05, 4.69) is 34.5 Å². The zero-order valence-corrected chi connectivity index (χ0v) is 18.0. The minimum Gasteiger partial charge on any atom is -0.494 e. The first-order valence-electron chi connectivity index (χ1n) is 10.6. The van der Waals surface area contributed by atoms with Crippen LogP contribution < -0.4 is 10.1 Å². The highest BCUT2D eigenvalue weighted by atomic mass is 35.5. The molecule has 0 unspecified atom stereocenters. The largest absolute Gasteiger partial charge is 0.494 e. The monoisotopic (exact) mass is 414 g/mol. The summed E-state index contributed by atoms with van der Waals surface area (Å²) >= 11 is 5.95. The van der Waals surface area contributed by atoms with Gasteiger partial charge in [0.05, 0.1) is 6.61 Å². The number of carbonyl (C=O) groups is 1. The van der Waals surface area contributed by atoms with Crippen molar-refractivity contribution in [2.75, 3.05) is 26.2 Å². The molecule has 0 bridgehead atoms. The van der Waals surface area contributed by atoms with Gasteiger partial charge in [0.1, 0.15) is 5.75 Å². The molecule has 3 rings (SSSR count). The van der Waals surface area contributed by atoms with Crippen LogP contribution in [0.25, 0.3) is 0 Å². The predicted octanol–water partition coefficient (Wildman–Crippen LogP) is 4.70. The van der Waals surface area contributed by atoms with Crippen LogP contribution in [0, 0.1) is 5.92 Å². The van der Waals surface area contributed by atoms with E-state index >= 15 is 0 Å². The Morgan fingerprint density at radius 2 is 1.72 bits per heavy atom. The van der Waals surface area contributed by atoms with Gasteiger partial charge in [0.15, 0.2) is 0 Å². The van der Waals surface area contributed by atoms with E-state index in [-0.39, 0.29) is 11.8 Å². The third kappa shape index (κ3) is 7.06. The van der Waals surface area contributed by atoms with Crippen LogP contribution in [0.5, 0.6) is 5.75 Å². The highest BCUT2D eigenvalue weighted by Gasteiger charge is 2.24. The summed E-state index contributed by atoms with van der Waals surface area (Å²) in [6.07, 6.45) is 3.78. The van der Waals surface area contributed by atoms with E-state index in [1.807, 2.05) is 31.2 Å². The first-order valence-corrected chi connectivity index (χ1v) is 11.0. The maximum Gasteiger partial charge on any atom is 0.223 e. The molecule has 2 aromatic carbocycles. The number of hydrogen-bond donors (Lipinski definition) is 1. The summed E-state index contributed by atoms with van der Waals surface area (Å²) in [4.78, 5) is 14.9. The molecule has 1 fully saturated rings. The second kappa shape index (κ2) is 11.2. The minimum absolute atomic E-state index is 0.141. The van der Waals surface area contributed by atoms with Gasteiger partial charge in [-0.2, -0.15) is 0 Å². The van der Waals surface area contributed by atoms with Crippen LogP contribution in [0.3, 0.4) is 0 Å². The molecule has 0 saturated carbocycles. The van der Waals surface area contributed by atoms with Gasteiger partial charge in [0, 0.05) is 24.0 Å². The zero-order chi connectivity index (χ0) is 20.5. The van der Waals surface area contributed by atoms with Crippen molar-refractivity contribution in [1.29, 1.82) is 0 Å². The van der Waals surface area contributed by atoms with Gasteiger partial charge in [-0.1, -0.05) is 35.9 Å². The fraction of sp³-hybridized carbons (Fsp3) is 0.458. The zero-order valence-electron chi connectivity index (χ0n) is 17.2. The second-order valence-corrected chi connectivity index (χ2v) is 8.08. The average Bonchev–Trinajstić information content (AvgIpc) is 2.74. The molecule has 1 saturated heterocycles. The van der Waals surface area contributed by atoms with Gasteiger partial charge in [-0.3, -0.25) is 9.69 Å². The molecule has 0 radical (unpaired) electrons. The van der Waals surface area contributed by atoms with Gasteiger partial charge < -0.3 is 10.1 Å². The van der Waals surface area contributed by atoms with Gasteiger partial charge in [-0.15, -0.1) is 0 Å². The summed E-state index contributed by atoms with van der Waals surface area (Å²) in [5, 5.41) is 3.90. The van der Waals surface area contributed by atoms with Crippen molar-refractivity contribution in [2.45, 2.75) is 39.2 Å². The Balaban J connectivity index is 1.31. The first-order chi connectivity index (χ1) is 14.1. The van der Waals surface area contributed by atoms with Crippen molar-refractivity contribution in [3.05, 3.63) is 64.7 Å². The van der Waals surface area contributed by atoms with Gasteiger partial charge in [-0.25, -0.2) is 0 Å². The van der Waals surface area contributed by atoms with E-state index in [9.17, 15) is 4.79 Å². The number of nitrogens with zero attached hydrogens (tertiary/aromatic N) is 1. The van der Waals surface area contributed by atoms with Crippen LogP contribution in [0.4, 0.5) is 0 Å². The topological polar surface area (TPSA) is 41.6 Å². The van der Waals surface area contributed by atoms with Gasteiger partial charge in [0.2, 0.25) is 5.91 Å². The molecule has 0 atom stereocenters. The van der Waals surface area contributed by atoms with Crippen LogP contribution in [-0.4, -0.2) is 37.0 Å². The molecule has 1 amide bonds. The van der Waals surface area contributed by atoms with Crippen molar-refractivity contribution in [3.63, 3.8) is 0 Å². The summed E-state index contributed by atoms with van der Waals surface area (Å²) in [5.74, 6) is 1.26. The quantitative estimate of drug-likeness (QED) is 0.604. The van der Waals surface area contributed by atoms with Gasteiger partial charge >= 0.3 is 0 Å². The number of aryl methyl sites for hydroxylation is 1. The molecule has 156 valence electrons. The molecule has 0 aliphatic carbocycles. The predicted molar refractivity (Wildman–Crippen MR) is 118 cm³/mol. The number of likely N-dealkylation sites (tertiary alicyclic amines) is 1. The molecule has 5 heteroatoms. The van der Waals surface area contributed by atoms with Gasteiger partial charge in [0.25, 0.3) is 0 Å². The van der Waals surface area contributed by atoms with Crippen molar-refractivity contribution in [1.82, 2.24) is 10.2 Å². The van der Waals surface area contributed by atoms with E-state index in [4.69, 9.17) is 16.3 Å². The third-order valence-electron chi connectivity index (χ3n) is 5.45. The summed E-state index contributed by atoms with van der Waals surface area (Å²) in [5.41, 5.74) is 2.55. The molecule has 0 spiro atoms. The highest BCUT2D eigenvalue weighted by molar-refractivity contribution is 6.30. The van der Waals surface area contributed by atoms with E-state index in [0.29, 0.717) is 6.61 Å². The third-order valence-corrected chi connectivity index (χ3v) is 5.71. The number of benzene rings is 2. The Morgan fingerprint density at radius 3 is 2.38 bits per heavy atom. The normalized spacial score (nSPS) is 15.2. The fourth-order valence-corrected chi connectivity index (χ4v) is 3.89. The van der Waals surface area contributed by atoms with Crippen molar-refractivity contribution in [2.24, 2.45) is 5.92 Å². The van der Waals surface area contributed by atoms with Crippen molar-refractivity contribution < 1.29 is 9.53 Å². The van der Waals surface area contributed by atoms with Gasteiger partial charge in [-0.05, 0) is 81.1 Å². The lowest BCUT2D eigenvalue weighted by molar-refractivity contribution is -0.126. The molecule has 0 aromatic heterocycles. The van der Waals surface area contributed by atoms with E-state index in [0.717, 1.165) is 62.6 Å². The smallest absolute Gasteiger partial charge is 0.223 e. The Morgan fingerprint density at radius 1 is 1.07 bits per heavy atom. The number of carbonyl (C=O) groups excluding carboxylic acids is 1. The lowest BCUT2D eigenvalue weighted by Gasteiger charge is -2.31. The van der Waals surface area contributed by atoms with Crippen LogP contribution in [0.15, 0.2) is 48.5 Å². The van der Waals surface area contributed by atoms with Crippen molar-refractivity contribution >= 4 is 17.5 Å². The van der Waals surface area contributed by atoms with Crippen LogP contribution in [0.1, 0.15) is 37.3 Å². The molecule has 1 aliphatic heterocycles. The fourth-order valence-electron chi connectivity index (χ4n) is 3.77. The van der Waals surface area contributed by atoms with Crippen LogP contribution >= 0.6 is 11.6 Å². The standard InChI is InChI=1S/C24H31ClN2O2/c1-2-29-23-11-7-19(8-12-23)4-3-15-26-24(28)21-13-16-27(17-14-21)18-20-5-9-22(25)10-6-20/h5-12,21H,2-4,13-18H2,1H3,(H,26,28). The number of hydrogen-bond acceptors (Lipinski definition) is 3. The van der Waals surface area contributed by atoms with E-state index < -0.39 is 0 Å². The number of ether oxygens (including phenoxy) is 1. The number of halogens is 1. The lowest BCUT2D eigenvalue weighted by atomic mass is 9.95. The molecule has 1 aliphatic rings. The maximum atomic E-state index is 12.5. The maximum absolute atomic E-state index is 12.5. The summed E-state index contributed by atoms with van der Waals surface area (Å²) in [7, 11) is 0. The highest BCUT2D eigenvalue weighted by Crippen LogP contribution is 2.20. The number of amides is 1. The number of piperidine rings is 1. The van der Waals surface area contributed by atoms with Crippen molar-refractivity contribution in [3.8, 4) is 5.75 Å². The molecule has 29 heavy (non-hydrogen) atoms. The molecular formula is C24H31ClN2O2. The molecular weight excluding hydrogens is 384 g/mol. The molecule has 4 nitrogen and oxygen atoms in total. The van der Waals surface area contributed by atoms with Crippen LogP contribution in [-0.2, 0) is 17.8 Å². The summed E-state index contributed by atoms with van der Waals surface area (Å²) in [6.45, 7) is 6.26. The summed E-state index contributed by atoms with van der Waals surface area (Å²) in [6, 6.07) is 16.2. The Bertz CT molecular complexity index is 753. The SMILES string of the molecule is CCOc1ccc(CCCNC(=O)C2CCN(Cc3ccc(Cl)cc3)CC2)cc1. The Labute approximate surface area is 179 Å². The first kappa shape index (κ1) is 21.7. The Hall–Kier alpha value is -2.04. The lowest BCUT2D eigenvalue weighted by Crippen LogP contribution is -2.40. The van der Waals surface area contributed by atoms with Crippen LogP contribution in [0.2, 0.25) is 5.02 Å². The number of rotatable bonds is 9. The molecule has 1 N–H and O–H groups in total. The summed E-state index contributed by atoms with van der Waals surface area (Å²) < 4.78 is 5.46. The minimum atomic E-state index is 0.141. The Kier molecular flexibility index (Phi) is 8.38. The van der Waals surface area contributed by atoms with E-state index in [1.165, 1.54) is 11.1 Å². The molecule has 1 heterocycles. The second-order valence-electron chi connectivity index (χ2n) is 7.65. The number of nitrogens with one attached hydrogen (secondary N) is 1.